The third-order valence-electron chi connectivity index (χ3n) is 4.36. The van der Waals surface area contributed by atoms with E-state index in [0.717, 1.165) is 40.1 Å². The summed E-state index contributed by atoms with van der Waals surface area (Å²) in [6, 6.07) is 11.7. The molecule has 1 heterocycles. The van der Waals surface area contributed by atoms with Gasteiger partial charge < -0.3 is 29.2 Å². The second-order valence-electron chi connectivity index (χ2n) is 6.12. The lowest BCUT2D eigenvalue weighted by atomic mass is 10.2. The van der Waals surface area contributed by atoms with Crippen LogP contribution in [0.2, 0.25) is 0 Å². The molecule has 152 valence electrons. The maximum absolute atomic E-state index is 5.48. The highest BCUT2D eigenvalue weighted by atomic mass is 127. The minimum Gasteiger partial charge on any atom is -0.497 e. The molecule has 0 radical (unpaired) electrons. The summed E-state index contributed by atoms with van der Waals surface area (Å²) in [6.45, 7) is 1.56. The summed E-state index contributed by atoms with van der Waals surface area (Å²) in [4.78, 5) is 6.41. The second-order valence-corrected chi connectivity index (χ2v) is 6.12. The summed E-state index contributed by atoms with van der Waals surface area (Å²) < 4.78 is 21.5. The van der Waals surface area contributed by atoms with E-state index in [1.807, 2.05) is 48.3 Å². The number of fused-ring (bicyclic) bond motifs is 1. The van der Waals surface area contributed by atoms with Crippen LogP contribution in [0.25, 0.3) is 0 Å². The molecular formula is C20H26IN3O4. The van der Waals surface area contributed by atoms with Crippen molar-refractivity contribution in [1.29, 1.82) is 0 Å². The van der Waals surface area contributed by atoms with E-state index < -0.39 is 0 Å². The van der Waals surface area contributed by atoms with Crippen LogP contribution in [0.5, 0.6) is 23.0 Å². The van der Waals surface area contributed by atoms with Gasteiger partial charge in [0.15, 0.2) is 17.5 Å². The van der Waals surface area contributed by atoms with Crippen molar-refractivity contribution in [3.8, 4) is 23.0 Å². The standard InChI is InChI=1S/C20H25N3O4.HI/c1-21-20(22-11-14-5-8-17-19(9-14)27-13-26-17)23(2)12-15-6-7-16(24-3)10-18(15)25-4;/h5-10H,11-13H2,1-4H3,(H,21,22);1H. The number of benzene rings is 2. The molecule has 8 heteroatoms. The average Bonchev–Trinajstić information content (AvgIpc) is 3.16. The Kier molecular flexibility index (Phi) is 8.04. The predicted molar refractivity (Wildman–Crippen MR) is 119 cm³/mol. The van der Waals surface area contributed by atoms with Crippen LogP contribution < -0.4 is 24.3 Å². The number of aliphatic imine (C=N–C) groups is 1. The van der Waals surface area contributed by atoms with Gasteiger partial charge in [-0.2, -0.15) is 0 Å². The number of methoxy groups -OCH3 is 2. The van der Waals surface area contributed by atoms with E-state index in [2.05, 4.69) is 10.3 Å². The molecule has 0 saturated heterocycles. The summed E-state index contributed by atoms with van der Waals surface area (Å²) in [5, 5.41) is 3.37. The Balaban J connectivity index is 0.00000280. The van der Waals surface area contributed by atoms with Crippen molar-refractivity contribution >= 4 is 29.9 Å². The normalized spacial score (nSPS) is 12.2. The number of nitrogens with one attached hydrogen (secondary N) is 1. The lowest BCUT2D eigenvalue weighted by Crippen LogP contribution is -2.38. The molecule has 0 spiro atoms. The maximum atomic E-state index is 5.48. The summed E-state index contributed by atoms with van der Waals surface area (Å²) >= 11 is 0. The number of nitrogens with zero attached hydrogens (tertiary/aromatic N) is 2. The van der Waals surface area contributed by atoms with E-state index in [-0.39, 0.29) is 30.8 Å². The maximum Gasteiger partial charge on any atom is 0.231 e. The SMILES string of the molecule is CN=C(NCc1ccc2c(c1)OCO2)N(C)Cc1ccc(OC)cc1OC.I. The molecule has 2 aromatic carbocycles. The van der Waals surface area contributed by atoms with Crippen molar-refractivity contribution in [3.05, 3.63) is 47.5 Å². The molecule has 28 heavy (non-hydrogen) atoms. The van der Waals surface area contributed by atoms with E-state index in [4.69, 9.17) is 18.9 Å². The van der Waals surface area contributed by atoms with E-state index in [0.29, 0.717) is 13.1 Å². The highest BCUT2D eigenvalue weighted by Gasteiger charge is 2.14. The molecule has 0 amide bonds. The minimum atomic E-state index is 0. The number of ether oxygens (including phenoxy) is 4. The van der Waals surface area contributed by atoms with Gasteiger partial charge in [0, 0.05) is 38.8 Å². The van der Waals surface area contributed by atoms with Crippen LogP contribution in [0.4, 0.5) is 0 Å². The molecule has 0 aromatic heterocycles. The van der Waals surface area contributed by atoms with E-state index in [1.54, 1.807) is 21.3 Å². The molecule has 0 atom stereocenters. The Morgan fingerprint density at radius 3 is 2.61 bits per heavy atom. The first kappa shape index (κ1) is 21.9. The molecule has 0 unspecified atom stereocenters. The first-order valence-corrected chi connectivity index (χ1v) is 8.65. The molecule has 7 nitrogen and oxygen atoms in total. The van der Waals surface area contributed by atoms with Gasteiger partial charge in [-0.1, -0.05) is 6.07 Å². The Hall–Kier alpha value is -2.36. The van der Waals surface area contributed by atoms with Crippen molar-refractivity contribution in [2.24, 2.45) is 4.99 Å². The van der Waals surface area contributed by atoms with E-state index in [9.17, 15) is 0 Å². The fourth-order valence-corrected chi connectivity index (χ4v) is 2.93. The fraction of sp³-hybridized carbons (Fsp3) is 0.350. The van der Waals surface area contributed by atoms with Crippen molar-refractivity contribution in [1.82, 2.24) is 10.2 Å². The zero-order valence-corrected chi connectivity index (χ0v) is 18.9. The van der Waals surface area contributed by atoms with Crippen LogP contribution in [0.1, 0.15) is 11.1 Å². The highest BCUT2D eigenvalue weighted by molar-refractivity contribution is 14.0. The smallest absolute Gasteiger partial charge is 0.231 e. The van der Waals surface area contributed by atoms with Gasteiger partial charge in [-0.15, -0.1) is 24.0 Å². The van der Waals surface area contributed by atoms with Crippen LogP contribution >= 0.6 is 24.0 Å². The first-order valence-electron chi connectivity index (χ1n) is 8.65. The number of hydrogen-bond acceptors (Lipinski definition) is 5. The van der Waals surface area contributed by atoms with Crippen LogP contribution in [-0.4, -0.2) is 46.0 Å². The topological polar surface area (TPSA) is 64.6 Å². The van der Waals surface area contributed by atoms with Gasteiger partial charge in [-0.05, 0) is 29.8 Å². The average molecular weight is 499 g/mol. The van der Waals surface area contributed by atoms with E-state index >= 15 is 0 Å². The zero-order valence-electron chi connectivity index (χ0n) is 16.5. The zero-order chi connectivity index (χ0) is 19.2. The number of hydrogen-bond donors (Lipinski definition) is 1. The molecule has 2 aromatic rings. The molecule has 0 bridgehead atoms. The Morgan fingerprint density at radius 1 is 1.11 bits per heavy atom. The van der Waals surface area contributed by atoms with Gasteiger partial charge in [0.05, 0.1) is 14.2 Å². The van der Waals surface area contributed by atoms with Crippen LogP contribution in [-0.2, 0) is 13.1 Å². The largest absolute Gasteiger partial charge is 0.497 e. The van der Waals surface area contributed by atoms with Gasteiger partial charge in [0.25, 0.3) is 0 Å². The van der Waals surface area contributed by atoms with Crippen LogP contribution in [0.15, 0.2) is 41.4 Å². The third-order valence-corrected chi connectivity index (χ3v) is 4.36. The van der Waals surface area contributed by atoms with Crippen molar-refractivity contribution in [3.63, 3.8) is 0 Å². The van der Waals surface area contributed by atoms with Gasteiger partial charge in [0.1, 0.15) is 11.5 Å². The van der Waals surface area contributed by atoms with Crippen molar-refractivity contribution < 1.29 is 18.9 Å². The molecule has 1 aliphatic heterocycles. The molecule has 0 saturated carbocycles. The summed E-state index contributed by atoms with van der Waals surface area (Å²) in [5.74, 6) is 3.90. The van der Waals surface area contributed by atoms with Gasteiger partial charge >= 0.3 is 0 Å². The highest BCUT2D eigenvalue weighted by Crippen LogP contribution is 2.32. The Morgan fingerprint density at radius 2 is 1.89 bits per heavy atom. The van der Waals surface area contributed by atoms with Gasteiger partial charge in [0.2, 0.25) is 6.79 Å². The monoisotopic (exact) mass is 499 g/mol. The lowest BCUT2D eigenvalue weighted by molar-refractivity contribution is 0.174. The molecular weight excluding hydrogens is 473 g/mol. The summed E-state index contributed by atoms with van der Waals surface area (Å²) in [6.07, 6.45) is 0. The van der Waals surface area contributed by atoms with Gasteiger partial charge in [-0.3, -0.25) is 4.99 Å². The summed E-state index contributed by atoms with van der Waals surface area (Å²) in [5.41, 5.74) is 2.14. The first-order chi connectivity index (χ1) is 13.1. The predicted octanol–water partition coefficient (Wildman–Crippen LogP) is 3.26. The van der Waals surface area contributed by atoms with Crippen molar-refractivity contribution in [2.75, 3.05) is 35.1 Å². The lowest BCUT2D eigenvalue weighted by Gasteiger charge is -2.23. The molecule has 0 fully saturated rings. The van der Waals surface area contributed by atoms with E-state index in [1.165, 1.54) is 0 Å². The Bertz CT molecular complexity index is 829. The molecule has 1 aliphatic rings. The Labute approximate surface area is 182 Å². The van der Waals surface area contributed by atoms with Gasteiger partial charge in [-0.25, -0.2) is 0 Å². The minimum absolute atomic E-state index is 0. The number of guanidine groups is 1. The quantitative estimate of drug-likeness (QED) is 0.374. The third kappa shape index (κ3) is 5.12. The summed E-state index contributed by atoms with van der Waals surface area (Å²) in [7, 11) is 7.05. The van der Waals surface area contributed by atoms with Crippen molar-refractivity contribution in [2.45, 2.75) is 13.1 Å². The second kappa shape index (κ2) is 10.3. The molecule has 1 N–H and O–H groups in total. The van der Waals surface area contributed by atoms with Crippen LogP contribution in [0.3, 0.4) is 0 Å². The number of halogens is 1. The fourth-order valence-electron chi connectivity index (χ4n) is 2.93. The molecule has 3 rings (SSSR count). The number of rotatable bonds is 6. The van der Waals surface area contributed by atoms with Crippen LogP contribution in [0, 0.1) is 0 Å². The molecule has 0 aliphatic carbocycles.